The lowest BCUT2D eigenvalue weighted by molar-refractivity contribution is 0.0471. The molecule has 0 aliphatic rings. The molecule has 26 heavy (non-hydrogen) atoms. The first-order chi connectivity index (χ1) is 12.3. The molecule has 0 unspecified atom stereocenters. The molecule has 2 aromatic carbocycles. The number of ether oxygens (including phenoxy) is 3. The van der Waals surface area contributed by atoms with Gasteiger partial charge in [0.25, 0.3) is 0 Å². The van der Waals surface area contributed by atoms with Gasteiger partial charge in [0.15, 0.2) is 11.5 Å². The van der Waals surface area contributed by atoms with Gasteiger partial charge in [-0.05, 0) is 55.4 Å². The van der Waals surface area contributed by atoms with Crippen molar-refractivity contribution < 1.29 is 27.4 Å². The van der Waals surface area contributed by atoms with E-state index in [1.807, 2.05) is 6.92 Å². The molecule has 7 nitrogen and oxygen atoms in total. The maximum atomic E-state index is 12.3. The second kappa shape index (κ2) is 8.20. The van der Waals surface area contributed by atoms with Crippen molar-refractivity contribution in [3.63, 3.8) is 0 Å². The van der Waals surface area contributed by atoms with Gasteiger partial charge in [0.1, 0.15) is 6.61 Å². The summed E-state index contributed by atoms with van der Waals surface area (Å²) in [7, 11) is 0.742. The summed E-state index contributed by atoms with van der Waals surface area (Å²) in [4.78, 5) is 12.3. The zero-order chi connectivity index (χ0) is 19.3. The lowest BCUT2D eigenvalue weighted by Gasteiger charge is -2.13. The minimum atomic E-state index is -3.63. The van der Waals surface area contributed by atoms with E-state index in [0.29, 0.717) is 11.5 Å². The van der Waals surface area contributed by atoms with E-state index in [4.69, 9.17) is 14.2 Å². The molecule has 0 fully saturated rings. The Kier molecular flexibility index (Phi) is 6.23. The summed E-state index contributed by atoms with van der Waals surface area (Å²) in [5, 5.41) is 0. The third-order valence-corrected chi connectivity index (χ3v) is 5.26. The van der Waals surface area contributed by atoms with E-state index in [-0.39, 0.29) is 17.1 Å². The molecule has 0 aliphatic carbocycles. The zero-order valence-electron chi connectivity index (χ0n) is 15.0. The van der Waals surface area contributed by atoms with E-state index in [9.17, 15) is 13.2 Å². The third-order valence-electron chi connectivity index (χ3n) is 3.85. The van der Waals surface area contributed by atoms with Crippen molar-refractivity contribution in [2.75, 3.05) is 21.3 Å². The lowest BCUT2D eigenvalue weighted by atomic mass is 10.1. The number of hydrogen-bond acceptors (Lipinski definition) is 6. The van der Waals surface area contributed by atoms with Crippen molar-refractivity contribution in [1.29, 1.82) is 0 Å². The molecule has 0 heterocycles. The fourth-order valence-electron chi connectivity index (χ4n) is 2.31. The normalized spacial score (nSPS) is 11.1. The first kappa shape index (κ1) is 19.7. The van der Waals surface area contributed by atoms with Crippen LogP contribution in [0.3, 0.4) is 0 Å². The Balaban J connectivity index is 2.18. The lowest BCUT2D eigenvalue weighted by Crippen LogP contribution is -2.19. The van der Waals surface area contributed by atoms with Crippen molar-refractivity contribution in [2.24, 2.45) is 0 Å². The van der Waals surface area contributed by atoms with E-state index in [1.165, 1.54) is 38.4 Å². The van der Waals surface area contributed by atoms with Gasteiger partial charge in [0.2, 0.25) is 10.0 Å². The highest BCUT2D eigenvalue weighted by Gasteiger charge is 2.16. The van der Waals surface area contributed by atoms with Gasteiger partial charge < -0.3 is 14.2 Å². The highest BCUT2D eigenvalue weighted by atomic mass is 32.2. The van der Waals surface area contributed by atoms with Gasteiger partial charge in [-0.3, -0.25) is 0 Å². The van der Waals surface area contributed by atoms with Crippen LogP contribution in [0.2, 0.25) is 0 Å². The molecular formula is C18H21NO6S. The SMILES string of the molecule is CNS(=O)(=O)c1cccc(C(=O)OCc2cc(OC)c(OC)cc2C)c1. The van der Waals surface area contributed by atoms with Crippen LogP contribution in [0.4, 0.5) is 0 Å². The minimum absolute atomic E-state index is 0.00301. The number of nitrogens with one attached hydrogen (secondary N) is 1. The molecule has 0 spiro atoms. The Labute approximate surface area is 152 Å². The Morgan fingerprint density at radius 1 is 1.08 bits per heavy atom. The van der Waals surface area contributed by atoms with Gasteiger partial charge >= 0.3 is 5.97 Å². The summed E-state index contributed by atoms with van der Waals surface area (Å²) in [6.45, 7) is 1.89. The van der Waals surface area contributed by atoms with Crippen LogP contribution >= 0.6 is 0 Å². The van der Waals surface area contributed by atoms with Crippen molar-refractivity contribution in [2.45, 2.75) is 18.4 Å². The number of esters is 1. The van der Waals surface area contributed by atoms with Gasteiger partial charge in [-0.25, -0.2) is 17.9 Å². The second-order valence-electron chi connectivity index (χ2n) is 5.45. The van der Waals surface area contributed by atoms with E-state index >= 15 is 0 Å². The van der Waals surface area contributed by atoms with Crippen LogP contribution < -0.4 is 14.2 Å². The molecule has 0 atom stereocenters. The summed E-state index contributed by atoms with van der Waals surface area (Å²) in [6.07, 6.45) is 0. The number of methoxy groups -OCH3 is 2. The van der Waals surface area contributed by atoms with Gasteiger partial charge in [-0.1, -0.05) is 6.07 Å². The number of aryl methyl sites for hydroxylation is 1. The van der Waals surface area contributed by atoms with Crippen molar-refractivity contribution in [3.8, 4) is 11.5 Å². The molecule has 140 valence electrons. The fourth-order valence-corrected chi connectivity index (χ4v) is 3.09. The molecule has 0 amide bonds. The molecule has 2 rings (SSSR count). The minimum Gasteiger partial charge on any atom is -0.493 e. The van der Waals surface area contributed by atoms with E-state index in [1.54, 1.807) is 19.2 Å². The van der Waals surface area contributed by atoms with Gasteiger partial charge in [-0.2, -0.15) is 0 Å². The molecule has 2 aromatic rings. The standard InChI is InChI=1S/C18H21NO6S/c1-12-8-16(23-3)17(24-4)10-14(12)11-25-18(20)13-6-5-7-15(9-13)26(21,22)19-2/h5-10,19H,11H2,1-4H3. The second-order valence-corrected chi connectivity index (χ2v) is 7.33. The Bertz CT molecular complexity index is 908. The molecule has 0 aliphatic heterocycles. The number of carbonyl (C=O) groups excluding carboxylic acids is 1. The molecule has 0 aromatic heterocycles. The molecular weight excluding hydrogens is 358 g/mol. The van der Waals surface area contributed by atoms with Crippen molar-refractivity contribution in [3.05, 3.63) is 53.1 Å². The largest absolute Gasteiger partial charge is 0.493 e. The fraction of sp³-hybridized carbons (Fsp3) is 0.278. The molecule has 0 saturated carbocycles. The van der Waals surface area contributed by atoms with Crippen LogP contribution in [0.5, 0.6) is 11.5 Å². The van der Waals surface area contributed by atoms with Crippen LogP contribution in [0, 0.1) is 6.92 Å². The topological polar surface area (TPSA) is 90.9 Å². The number of rotatable bonds is 7. The number of carbonyl (C=O) groups is 1. The highest BCUT2D eigenvalue weighted by molar-refractivity contribution is 7.89. The highest BCUT2D eigenvalue weighted by Crippen LogP contribution is 2.30. The average Bonchev–Trinajstić information content (AvgIpc) is 2.66. The number of sulfonamides is 1. The van der Waals surface area contributed by atoms with Gasteiger partial charge in [-0.15, -0.1) is 0 Å². The molecule has 0 saturated heterocycles. The van der Waals surface area contributed by atoms with Crippen LogP contribution in [0.15, 0.2) is 41.3 Å². The number of benzene rings is 2. The first-order valence-electron chi connectivity index (χ1n) is 7.74. The maximum Gasteiger partial charge on any atom is 0.338 e. The molecule has 0 bridgehead atoms. The van der Waals surface area contributed by atoms with Crippen LogP contribution in [0.1, 0.15) is 21.5 Å². The van der Waals surface area contributed by atoms with E-state index in [0.717, 1.165) is 11.1 Å². The monoisotopic (exact) mass is 379 g/mol. The average molecular weight is 379 g/mol. The predicted octanol–water partition coefficient (Wildman–Crippen LogP) is 2.28. The quantitative estimate of drug-likeness (QED) is 0.742. The summed E-state index contributed by atoms with van der Waals surface area (Å²) in [6, 6.07) is 9.20. The van der Waals surface area contributed by atoms with Gasteiger partial charge in [0, 0.05) is 0 Å². The molecule has 1 N–H and O–H groups in total. The van der Waals surface area contributed by atoms with Crippen LogP contribution in [-0.2, 0) is 21.4 Å². The van der Waals surface area contributed by atoms with Gasteiger partial charge in [0.05, 0.1) is 24.7 Å². The van der Waals surface area contributed by atoms with Crippen molar-refractivity contribution >= 4 is 16.0 Å². The summed E-state index contributed by atoms with van der Waals surface area (Å²) < 4.78 is 41.7. The predicted molar refractivity (Wildman–Crippen MR) is 96.1 cm³/mol. The summed E-state index contributed by atoms with van der Waals surface area (Å²) >= 11 is 0. The van der Waals surface area contributed by atoms with Crippen LogP contribution in [-0.4, -0.2) is 35.7 Å². The molecule has 0 radical (unpaired) electrons. The smallest absolute Gasteiger partial charge is 0.338 e. The third kappa shape index (κ3) is 4.33. The Morgan fingerprint density at radius 3 is 2.35 bits per heavy atom. The summed E-state index contributed by atoms with van der Waals surface area (Å²) in [5.74, 6) is 0.503. The Hall–Kier alpha value is -2.58. The zero-order valence-corrected chi connectivity index (χ0v) is 15.8. The molecule has 8 heteroatoms. The first-order valence-corrected chi connectivity index (χ1v) is 9.23. The summed E-state index contributed by atoms with van der Waals surface area (Å²) in [5.41, 5.74) is 1.79. The van der Waals surface area contributed by atoms with Crippen LogP contribution in [0.25, 0.3) is 0 Å². The van der Waals surface area contributed by atoms with E-state index < -0.39 is 16.0 Å². The van der Waals surface area contributed by atoms with Crippen molar-refractivity contribution in [1.82, 2.24) is 4.72 Å². The maximum absolute atomic E-state index is 12.3. The Morgan fingerprint density at radius 2 is 1.73 bits per heavy atom. The number of hydrogen-bond donors (Lipinski definition) is 1. The van der Waals surface area contributed by atoms with E-state index in [2.05, 4.69) is 4.72 Å².